The predicted octanol–water partition coefficient (Wildman–Crippen LogP) is 3.60. The van der Waals surface area contributed by atoms with Crippen LogP contribution in [0.25, 0.3) is 0 Å². The molecule has 1 amide bonds. The Labute approximate surface area is 121 Å². The van der Waals surface area contributed by atoms with Crippen LogP contribution in [0.4, 0.5) is 5.69 Å². The summed E-state index contributed by atoms with van der Waals surface area (Å²) >= 11 is 0. The Hall–Kier alpha value is -1.64. The van der Waals surface area contributed by atoms with Gasteiger partial charge < -0.3 is 4.90 Å². The SMILES string of the molecule is CCC(CC)C(=O)N1CCCc2cc(C(C)=O)ccc21. The molecule has 0 fully saturated rings. The van der Waals surface area contributed by atoms with Gasteiger partial charge in [-0.3, -0.25) is 9.59 Å². The topological polar surface area (TPSA) is 37.4 Å². The maximum Gasteiger partial charge on any atom is 0.230 e. The summed E-state index contributed by atoms with van der Waals surface area (Å²) in [4.78, 5) is 26.0. The van der Waals surface area contributed by atoms with Crippen LogP contribution in [0.5, 0.6) is 0 Å². The van der Waals surface area contributed by atoms with Gasteiger partial charge in [0.05, 0.1) is 0 Å². The minimum atomic E-state index is 0.0799. The number of carbonyl (C=O) groups excluding carboxylic acids is 2. The van der Waals surface area contributed by atoms with E-state index < -0.39 is 0 Å². The molecular formula is C17H23NO2. The van der Waals surface area contributed by atoms with Crippen LogP contribution in [0.2, 0.25) is 0 Å². The molecule has 0 aromatic heterocycles. The highest BCUT2D eigenvalue weighted by Gasteiger charge is 2.27. The van der Waals surface area contributed by atoms with Crippen molar-refractivity contribution in [3.8, 4) is 0 Å². The Bertz CT molecular complexity index is 518. The van der Waals surface area contributed by atoms with Crippen LogP contribution >= 0.6 is 0 Å². The van der Waals surface area contributed by atoms with E-state index in [0.717, 1.165) is 49.0 Å². The molecule has 0 saturated heterocycles. The van der Waals surface area contributed by atoms with Crippen LogP contribution in [0.15, 0.2) is 18.2 Å². The van der Waals surface area contributed by atoms with Crippen LogP contribution in [-0.4, -0.2) is 18.2 Å². The summed E-state index contributed by atoms with van der Waals surface area (Å²) in [6, 6.07) is 5.72. The predicted molar refractivity (Wildman–Crippen MR) is 81.2 cm³/mol. The highest BCUT2D eigenvalue weighted by Crippen LogP contribution is 2.30. The Balaban J connectivity index is 2.33. The summed E-state index contributed by atoms with van der Waals surface area (Å²) in [5.74, 6) is 0.413. The number of hydrogen-bond donors (Lipinski definition) is 0. The van der Waals surface area contributed by atoms with E-state index in [9.17, 15) is 9.59 Å². The quantitative estimate of drug-likeness (QED) is 0.786. The smallest absolute Gasteiger partial charge is 0.230 e. The molecule has 1 heterocycles. The molecule has 1 aromatic rings. The van der Waals surface area contributed by atoms with Gasteiger partial charge in [-0.2, -0.15) is 0 Å². The monoisotopic (exact) mass is 273 g/mol. The number of carbonyl (C=O) groups is 2. The summed E-state index contributed by atoms with van der Waals surface area (Å²) in [5, 5.41) is 0. The molecule has 1 aliphatic rings. The number of hydrogen-bond acceptors (Lipinski definition) is 2. The second-order valence-corrected chi connectivity index (χ2v) is 5.51. The first-order valence-electron chi connectivity index (χ1n) is 7.53. The molecule has 1 aromatic carbocycles. The molecule has 108 valence electrons. The van der Waals surface area contributed by atoms with E-state index in [1.54, 1.807) is 6.92 Å². The van der Waals surface area contributed by atoms with Crippen LogP contribution in [0, 0.1) is 5.92 Å². The lowest BCUT2D eigenvalue weighted by molar-refractivity contribution is -0.122. The van der Waals surface area contributed by atoms with Crippen molar-refractivity contribution in [3.05, 3.63) is 29.3 Å². The molecule has 1 aliphatic heterocycles. The zero-order valence-corrected chi connectivity index (χ0v) is 12.6. The lowest BCUT2D eigenvalue weighted by atomic mass is 9.95. The van der Waals surface area contributed by atoms with E-state index >= 15 is 0 Å². The standard InChI is InChI=1S/C17H23NO2/c1-4-13(5-2)17(20)18-10-6-7-15-11-14(12(3)19)8-9-16(15)18/h8-9,11,13H,4-7,10H2,1-3H3. The van der Waals surface area contributed by atoms with Gasteiger partial charge in [-0.1, -0.05) is 13.8 Å². The van der Waals surface area contributed by atoms with Crippen molar-refractivity contribution < 1.29 is 9.59 Å². The Morgan fingerprint density at radius 3 is 2.55 bits per heavy atom. The van der Waals surface area contributed by atoms with E-state index in [2.05, 4.69) is 13.8 Å². The third-order valence-electron chi connectivity index (χ3n) is 4.21. The van der Waals surface area contributed by atoms with E-state index in [1.807, 2.05) is 23.1 Å². The molecule has 0 saturated carbocycles. The van der Waals surface area contributed by atoms with Crippen molar-refractivity contribution in [1.29, 1.82) is 0 Å². The normalized spacial score (nSPS) is 14.3. The molecule has 3 nitrogen and oxygen atoms in total. The maximum absolute atomic E-state index is 12.6. The fourth-order valence-electron chi connectivity index (χ4n) is 2.90. The number of anilines is 1. The zero-order chi connectivity index (χ0) is 14.7. The number of rotatable bonds is 4. The van der Waals surface area contributed by atoms with Gasteiger partial charge in [-0.05, 0) is 56.4 Å². The summed E-state index contributed by atoms with van der Waals surface area (Å²) in [7, 11) is 0. The molecule has 0 bridgehead atoms. The van der Waals surface area contributed by atoms with Crippen molar-refractivity contribution in [2.75, 3.05) is 11.4 Å². The summed E-state index contributed by atoms with van der Waals surface area (Å²) < 4.78 is 0. The molecule has 0 spiro atoms. The minimum absolute atomic E-state index is 0.0799. The van der Waals surface area contributed by atoms with Gasteiger partial charge in [0.2, 0.25) is 5.91 Å². The average molecular weight is 273 g/mol. The first-order chi connectivity index (χ1) is 9.58. The fraction of sp³-hybridized carbons (Fsp3) is 0.529. The number of amides is 1. The van der Waals surface area contributed by atoms with Gasteiger partial charge in [0.15, 0.2) is 5.78 Å². The second kappa shape index (κ2) is 6.21. The van der Waals surface area contributed by atoms with E-state index in [0.29, 0.717) is 0 Å². The summed E-state index contributed by atoms with van der Waals surface area (Å²) in [5.41, 5.74) is 2.86. The largest absolute Gasteiger partial charge is 0.312 e. The van der Waals surface area contributed by atoms with E-state index in [-0.39, 0.29) is 17.6 Å². The molecule has 20 heavy (non-hydrogen) atoms. The van der Waals surface area contributed by atoms with Gasteiger partial charge in [-0.15, -0.1) is 0 Å². The highest BCUT2D eigenvalue weighted by atomic mass is 16.2. The molecule has 0 N–H and O–H groups in total. The Morgan fingerprint density at radius 1 is 1.25 bits per heavy atom. The van der Waals surface area contributed by atoms with Gasteiger partial charge >= 0.3 is 0 Å². The van der Waals surface area contributed by atoms with Crippen molar-refractivity contribution in [2.24, 2.45) is 5.92 Å². The van der Waals surface area contributed by atoms with E-state index in [1.165, 1.54) is 0 Å². The van der Waals surface area contributed by atoms with Gasteiger partial charge in [0.1, 0.15) is 0 Å². The Morgan fingerprint density at radius 2 is 1.95 bits per heavy atom. The van der Waals surface area contributed by atoms with Crippen LogP contribution in [0.3, 0.4) is 0 Å². The third-order valence-corrected chi connectivity index (χ3v) is 4.21. The molecule has 2 rings (SSSR count). The highest BCUT2D eigenvalue weighted by molar-refractivity contribution is 5.98. The molecule has 0 unspecified atom stereocenters. The van der Waals surface area contributed by atoms with Gasteiger partial charge in [0.25, 0.3) is 0 Å². The van der Waals surface area contributed by atoms with Gasteiger partial charge in [0, 0.05) is 23.7 Å². The van der Waals surface area contributed by atoms with Crippen LogP contribution in [-0.2, 0) is 11.2 Å². The van der Waals surface area contributed by atoms with E-state index in [4.69, 9.17) is 0 Å². The molecular weight excluding hydrogens is 250 g/mol. The first kappa shape index (κ1) is 14.8. The average Bonchev–Trinajstić information content (AvgIpc) is 2.47. The number of fused-ring (bicyclic) bond motifs is 1. The number of ketones is 1. The minimum Gasteiger partial charge on any atom is -0.312 e. The van der Waals surface area contributed by atoms with Crippen molar-refractivity contribution in [1.82, 2.24) is 0 Å². The molecule has 0 radical (unpaired) electrons. The van der Waals surface area contributed by atoms with Crippen LogP contribution < -0.4 is 4.90 Å². The lowest BCUT2D eigenvalue weighted by Crippen LogP contribution is -2.39. The second-order valence-electron chi connectivity index (χ2n) is 5.51. The maximum atomic E-state index is 12.6. The summed E-state index contributed by atoms with van der Waals surface area (Å²) in [6.45, 7) is 6.50. The van der Waals surface area contributed by atoms with Gasteiger partial charge in [-0.25, -0.2) is 0 Å². The lowest BCUT2D eigenvalue weighted by Gasteiger charge is -2.32. The summed E-state index contributed by atoms with van der Waals surface area (Å²) in [6.07, 6.45) is 3.68. The van der Waals surface area contributed by atoms with Crippen molar-refractivity contribution in [2.45, 2.75) is 46.5 Å². The molecule has 0 atom stereocenters. The Kier molecular flexibility index (Phi) is 4.58. The van der Waals surface area contributed by atoms with Crippen molar-refractivity contribution >= 4 is 17.4 Å². The first-order valence-corrected chi connectivity index (χ1v) is 7.53. The third kappa shape index (κ3) is 2.77. The zero-order valence-electron chi connectivity index (χ0n) is 12.6. The van der Waals surface area contributed by atoms with Crippen LogP contribution in [0.1, 0.15) is 56.0 Å². The fourth-order valence-corrected chi connectivity index (χ4v) is 2.90. The number of Topliss-reactive ketones (excluding diaryl/α,β-unsaturated/α-hetero) is 1. The molecule has 3 heteroatoms. The molecule has 0 aliphatic carbocycles. The number of aryl methyl sites for hydroxylation is 1. The number of nitrogens with zero attached hydrogens (tertiary/aromatic N) is 1. The van der Waals surface area contributed by atoms with Crippen molar-refractivity contribution in [3.63, 3.8) is 0 Å². The number of benzene rings is 1.